The third-order valence-electron chi connectivity index (χ3n) is 2.40. The molecule has 0 aromatic heterocycles. The van der Waals surface area contributed by atoms with Gasteiger partial charge in [0.2, 0.25) is 0 Å². The third-order valence-corrected chi connectivity index (χ3v) is 2.69. The Bertz CT molecular complexity index is 342. The summed E-state index contributed by atoms with van der Waals surface area (Å²) in [4.78, 5) is 2.15. The first-order valence-corrected chi connectivity index (χ1v) is 5.75. The van der Waals surface area contributed by atoms with E-state index in [0.717, 1.165) is 25.1 Å². The number of nitrogens with two attached hydrogens (primary N) is 1. The Morgan fingerprint density at radius 1 is 1.50 bits per heavy atom. The van der Waals surface area contributed by atoms with Gasteiger partial charge in [0.25, 0.3) is 0 Å². The highest BCUT2D eigenvalue weighted by Gasteiger charge is 2.04. The van der Waals surface area contributed by atoms with Gasteiger partial charge < -0.3 is 10.6 Å². The van der Waals surface area contributed by atoms with Crippen LogP contribution in [0.25, 0.3) is 0 Å². The van der Waals surface area contributed by atoms with Crippen LogP contribution in [-0.2, 0) is 6.54 Å². The fraction of sp³-hybridized carbons (Fsp3) is 0.500. The number of hydrogen-bond donors (Lipinski definition) is 1. The van der Waals surface area contributed by atoms with Gasteiger partial charge in [-0.2, -0.15) is 0 Å². The smallest absolute Gasteiger partial charge is 0.141 e. The van der Waals surface area contributed by atoms with E-state index < -0.39 is 0 Å². The maximum Gasteiger partial charge on any atom is 0.141 e. The first kappa shape index (κ1) is 13.4. The molecule has 0 spiro atoms. The van der Waals surface area contributed by atoms with Gasteiger partial charge in [-0.15, -0.1) is 0 Å². The molecule has 0 fully saturated rings. The molecule has 0 bridgehead atoms. The summed E-state index contributed by atoms with van der Waals surface area (Å²) in [5.74, 6) is -0.372. The van der Waals surface area contributed by atoms with E-state index in [1.54, 1.807) is 12.1 Å². The van der Waals surface area contributed by atoms with Crippen molar-refractivity contribution in [3.63, 3.8) is 0 Å². The van der Waals surface area contributed by atoms with Crippen molar-refractivity contribution in [2.24, 2.45) is 5.73 Å². The Hall–Kier alpha value is -0.640. The molecule has 16 heavy (non-hydrogen) atoms. The fourth-order valence-corrected chi connectivity index (χ4v) is 1.66. The normalized spacial score (nSPS) is 13.1. The molecule has 0 aliphatic rings. The van der Waals surface area contributed by atoms with Gasteiger partial charge in [0.05, 0.1) is 5.02 Å². The molecule has 1 atom stereocenters. The predicted molar refractivity (Wildman–Crippen MR) is 66.0 cm³/mol. The van der Waals surface area contributed by atoms with Gasteiger partial charge in [-0.1, -0.05) is 17.7 Å². The highest BCUT2D eigenvalue weighted by Crippen LogP contribution is 2.16. The summed E-state index contributed by atoms with van der Waals surface area (Å²) in [6.07, 6.45) is 0.950. The van der Waals surface area contributed by atoms with Crippen LogP contribution in [0.5, 0.6) is 0 Å². The average molecular weight is 245 g/mol. The van der Waals surface area contributed by atoms with Crippen LogP contribution in [-0.4, -0.2) is 24.5 Å². The summed E-state index contributed by atoms with van der Waals surface area (Å²) in [7, 11) is 2.01. The van der Waals surface area contributed by atoms with Crippen LogP contribution in [0.4, 0.5) is 4.39 Å². The summed E-state index contributed by atoms with van der Waals surface area (Å²) < 4.78 is 12.9. The molecule has 0 aliphatic carbocycles. The molecule has 0 saturated heterocycles. The molecule has 1 aromatic carbocycles. The van der Waals surface area contributed by atoms with Crippen LogP contribution in [0.15, 0.2) is 18.2 Å². The predicted octanol–water partition coefficient (Wildman–Crippen LogP) is 2.65. The average Bonchev–Trinajstić information content (AvgIpc) is 2.21. The lowest BCUT2D eigenvalue weighted by Gasteiger charge is -2.18. The minimum Gasteiger partial charge on any atom is -0.328 e. The van der Waals surface area contributed by atoms with Crippen LogP contribution in [0, 0.1) is 5.82 Å². The van der Waals surface area contributed by atoms with Gasteiger partial charge in [-0.25, -0.2) is 4.39 Å². The zero-order valence-electron chi connectivity index (χ0n) is 9.71. The van der Waals surface area contributed by atoms with Gasteiger partial charge in [0, 0.05) is 12.6 Å². The lowest BCUT2D eigenvalue weighted by molar-refractivity contribution is 0.313. The second-order valence-corrected chi connectivity index (χ2v) is 4.66. The van der Waals surface area contributed by atoms with Gasteiger partial charge in [0.15, 0.2) is 0 Å². The van der Waals surface area contributed by atoms with Gasteiger partial charge in [-0.05, 0) is 44.6 Å². The minimum atomic E-state index is -0.372. The van der Waals surface area contributed by atoms with E-state index in [0.29, 0.717) is 0 Å². The highest BCUT2D eigenvalue weighted by atomic mass is 35.5. The summed E-state index contributed by atoms with van der Waals surface area (Å²) in [6, 6.07) is 5.03. The molecule has 1 aromatic rings. The molecule has 0 amide bonds. The second-order valence-electron chi connectivity index (χ2n) is 4.25. The topological polar surface area (TPSA) is 29.3 Å². The lowest BCUT2D eigenvalue weighted by Crippen LogP contribution is -2.25. The van der Waals surface area contributed by atoms with Crippen molar-refractivity contribution in [1.82, 2.24) is 4.90 Å². The van der Waals surface area contributed by atoms with Crippen LogP contribution in [0.3, 0.4) is 0 Å². The van der Waals surface area contributed by atoms with E-state index in [1.807, 2.05) is 14.0 Å². The first-order chi connectivity index (χ1) is 7.49. The van der Waals surface area contributed by atoms with Gasteiger partial charge in [0.1, 0.15) is 5.82 Å². The molecule has 4 heteroatoms. The number of rotatable bonds is 5. The molecule has 2 N–H and O–H groups in total. The Morgan fingerprint density at radius 3 is 2.75 bits per heavy atom. The summed E-state index contributed by atoms with van der Waals surface area (Å²) in [6.45, 7) is 3.67. The Labute approximate surface area is 101 Å². The van der Waals surface area contributed by atoms with E-state index in [4.69, 9.17) is 17.3 Å². The van der Waals surface area contributed by atoms with Crippen molar-refractivity contribution < 1.29 is 4.39 Å². The minimum absolute atomic E-state index is 0.179. The third kappa shape index (κ3) is 4.47. The van der Waals surface area contributed by atoms with Crippen LogP contribution in [0.1, 0.15) is 18.9 Å². The van der Waals surface area contributed by atoms with Crippen molar-refractivity contribution in [2.45, 2.75) is 25.9 Å². The zero-order valence-corrected chi connectivity index (χ0v) is 10.5. The molecule has 90 valence electrons. The van der Waals surface area contributed by atoms with Gasteiger partial charge >= 0.3 is 0 Å². The highest BCUT2D eigenvalue weighted by molar-refractivity contribution is 6.30. The molecule has 0 heterocycles. The molecule has 0 saturated carbocycles. The molecule has 0 aliphatic heterocycles. The fourth-order valence-electron chi connectivity index (χ4n) is 1.45. The van der Waals surface area contributed by atoms with Crippen LogP contribution in [0.2, 0.25) is 5.02 Å². The Balaban J connectivity index is 2.49. The molecule has 1 unspecified atom stereocenters. The Morgan fingerprint density at radius 2 is 2.19 bits per heavy atom. The second kappa shape index (κ2) is 6.18. The molecule has 2 nitrogen and oxygen atoms in total. The van der Waals surface area contributed by atoms with Crippen molar-refractivity contribution in [1.29, 1.82) is 0 Å². The van der Waals surface area contributed by atoms with Crippen molar-refractivity contribution in [2.75, 3.05) is 13.6 Å². The Kier molecular flexibility index (Phi) is 5.19. The van der Waals surface area contributed by atoms with E-state index in [-0.39, 0.29) is 16.9 Å². The standard InChI is InChI=1S/C12H18ClFN2/c1-9(15)5-6-16(2)8-10-3-4-12(14)11(13)7-10/h3-4,7,9H,5-6,8,15H2,1-2H3. The maximum atomic E-state index is 12.9. The quantitative estimate of drug-likeness (QED) is 0.863. The summed E-state index contributed by atoms with van der Waals surface area (Å²) in [5, 5.41) is 0.179. The van der Waals surface area contributed by atoms with Crippen molar-refractivity contribution in [3.05, 3.63) is 34.6 Å². The number of hydrogen-bond acceptors (Lipinski definition) is 2. The van der Waals surface area contributed by atoms with E-state index in [9.17, 15) is 4.39 Å². The van der Waals surface area contributed by atoms with Gasteiger partial charge in [-0.3, -0.25) is 0 Å². The van der Waals surface area contributed by atoms with Crippen molar-refractivity contribution >= 4 is 11.6 Å². The first-order valence-electron chi connectivity index (χ1n) is 5.37. The van der Waals surface area contributed by atoms with E-state index >= 15 is 0 Å². The number of benzene rings is 1. The summed E-state index contributed by atoms with van der Waals surface area (Å²) >= 11 is 5.71. The summed E-state index contributed by atoms with van der Waals surface area (Å²) in [5.41, 5.74) is 6.69. The number of nitrogens with zero attached hydrogens (tertiary/aromatic N) is 1. The molecule has 0 radical (unpaired) electrons. The van der Waals surface area contributed by atoms with Crippen molar-refractivity contribution in [3.8, 4) is 0 Å². The van der Waals surface area contributed by atoms with E-state index in [1.165, 1.54) is 6.07 Å². The molecular formula is C12H18ClFN2. The zero-order chi connectivity index (χ0) is 12.1. The van der Waals surface area contributed by atoms with Crippen LogP contribution < -0.4 is 5.73 Å². The van der Waals surface area contributed by atoms with E-state index in [2.05, 4.69) is 4.90 Å². The van der Waals surface area contributed by atoms with Crippen LogP contribution >= 0.6 is 11.6 Å². The largest absolute Gasteiger partial charge is 0.328 e. The monoisotopic (exact) mass is 244 g/mol. The molecular weight excluding hydrogens is 227 g/mol. The lowest BCUT2D eigenvalue weighted by atomic mass is 10.2. The number of halogens is 2. The molecule has 1 rings (SSSR count). The maximum absolute atomic E-state index is 12.9. The SMILES string of the molecule is CC(N)CCN(C)Cc1ccc(F)c(Cl)c1.